The van der Waals surface area contributed by atoms with Crippen LogP contribution in [0.1, 0.15) is 12.5 Å². The number of hydrogen-bond acceptors (Lipinski definition) is 4. The molecule has 0 amide bonds. The van der Waals surface area contributed by atoms with Gasteiger partial charge in [0.25, 0.3) is 0 Å². The topological polar surface area (TPSA) is 47.6 Å². The van der Waals surface area contributed by atoms with Crippen LogP contribution in [0.5, 0.6) is 0 Å². The Hall–Kier alpha value is -1.97. The number of ether oxygens (including phenoxy) is 1. The van der Waals surface area contributed by atoms with E-state index in [1.54, 1.807) is 6.92 Å². The van der Waals surface area contributed by atoms with Gasteiger partial charge in [0.1, 0.15) is 6.61 Å². The molecule has 4 heteroatoms. The Morgan fingerprint density at radius 2 is 2.07 bits per heavy atom. The standard InChI is InChI=1S/C11H13NO3/c1-9(2)12-15-11(13)14-8-10-6-4-3-5-7-10/h3-7,12H,1,8H2,2H3. The Morgan fingerprint density at radius 1 is 1.40 bits per heavy atom. The molecule has 0 aliphatic rings. The van der Waals surface area contributed by atoms with Crippen molar-refractivity contribution in [2.75, 3.05) is 0 Å². The molecule has 0 fully saturated rings. The van der Waals surface area contributed by atoms with E-state index in [0.717, 1.165) is 5.56 Å². The summed E-state index contributed by atoms with van der Waals surface area (Å²) in [5, 5.41) is 0. The lowest BCUT2D eigenvalue weighted by Crippen LogP contribution is -2.18. The van der Waals surface area contributed by atoms with Gasteiger partial charge in [-0.05, 0) is 12.5 Å². The summed E-state index contributed by atoms with van der Waals surface area (Å²) >= 11 is 0. The van der Waals surface area contributed by atoms with Gasteiger partial charge in [-0.1, -0.05) is 36.9 Å². The van der Waals surface area contributed by atoms with Crippen LogP contribution in [0.15, 0.2) is 42.6 Å². The summed E-state index contributed by atoms with van der Waals surface area (Å²) in [5.41, 5.74) is 3.75. The van der Waals surface area contributed by atoms with E-state index in [1.807, 2.05) is 30.3 Å². The second-order valence-corrected chi connectivity index (χ2v) is 3.01. The van der Waals surface area contributed by atoms with Gasteiger partial charge in [-0.25, -0.2) is 10.3 Å². The van der Waals surface area contributed by atoms with E-state index in [-0.39, 0.29) is 6.61 Å². The molecule has 1 aromatic rings. The van der Waals surface area contributed by atoms with E-state index in [0.29, 0.717) is 5.70 Å². The maximum absolute atomic E-state index is 11.0. The molecule has 0 aromatic heterocycles. The van der Waals surface area contributed by atoms with Crippen LogP contribution in [-0.2, 0) is 16.2 Å². The summed E-state index contributed by atoms with van der Waals surface area (Å²) in [7, 11) is 0. The van der Waals surface area contributed by atoms with Crippen molar-refractivity contribution in [3.8, 4) is 0 Å². The summed E-state index contributed by atoms with van der Waals surface area (Å²) < 4.78 is 4.81. The van der Waals surface area contributed by atoms with Gasteiger partial charge in [-0.2, -0.15) is 0 Å². The molecule has 4 nitrogen and oxygen atoms in total. The molecule has 1 rings (SSSR count). The molecule has 0 aliphatic carbocycles. The van der Waals surface area contributed by atoms with Crippen molar-refractivity contribution in [1.29, 1.82) is 0 Å². The van der Waals surface area contributed by atoms with Gasteiger partial charge < -0.3 is 9.57 Å². The van der Waals surface area contributed by atoms with E-state index in [4.69, 9.17) is 4.74 Å². The molecule has 0 radical (unpaired) electrons. The van der Waals surface area contributed by atoms with Crippen molar-refractivity contribution in [3.63, 3.8) is 0 Å². The highest BCUT2D eigenvalue weighted by Gasteiger charge is 2.03. The van der Waals surface area contributed by atoms with Crippen molar-refractivity contribution in [3.05, 3.63) is 48.2 Å². The summed E-state index contributed by atoms with van der Waals surface area (Å²) in [6.07, 6.45) is -0.776. The number of rotatable bonds is 4. The summed E-state index contributed by atoms with van der Waals surface area (Å²) in [5.74, 6) is 0. The summed E-state index contributed by atoms with van der Waals surface area (Å²) in [6.45, 7) is 5.36. The molecule has 80 valence electrons. The molecular formula is C11H13NO3. The van der Waals surface area contributed by atoms with E-state index in [1.165, 1.54) is 0 Å². The third kappa shape index (κ3) is 4.71. The fraction of sp³-hybridized carbons (Fsp3) is 0.182. The van der Waals surface area contributed by atoms with Crippen LogP contribution >= 0.6 is 0 Å². The number of benzene rings is 1. The minimum Gasteiger partial charge on any atom is -0.428 e. The Morgan fingerprint density at radius 3 is 2.67 bits per heavy atom. The highest BCUT2D eigenvalue weighted by Crippen LogP contribution is 2.01. The van der Waals surface area contributed by atoms with Gasteiger partial charge in [0.05, 0.1) is 0 Å². The van der Waals surface area contributed by atoms with E-state index < -0.39 is 6.16 Å². The third-order valence-corrected chi connectivity index (χ3v) is 1.51. The van der Waals surface area contributed by atoms with Gasteiger partial charge in [-0.3, -0.25) is 0 Å². The molecule has 0 spiro atoms. The van der Waals surface area contributed by atoms with Gasteiger partial charge in [0.15, 0.2) is 0 Å². The molecule has 15 heavy (non-hydrogen) atoms. The van der Waals surface area contributed by atoms with Crippen molar-refractivity contribution < 1.29 is 14.4 Å². The first-order valence-corrected chi connectivity index (χ1v) is 4.47. The monoisotopic (exact) mass is 207 g/mol. The fourth-order valence-electron chi connectivity index (χ4n) is 0.875. The lowest BCUT2D eigenvalue weighted by molar-refractivity contribution is 0.0221. The predicted molar refractivity (Wildman–Crippen MR) is 55.7 cm³/mol. The first kappa shape index (κ1) is 11.1. The Balaban J connectivity index is 2.26. The van der Waals surface area contributed by atoms with Crippen LogP contribution < -0.4 is 5.48 Å². The van der Waals surface area contributed by atoms with Crippen molar-refractivity contribution in [2.24, 2.45) is 0 Å². The third-order valence-electron chi connectivity index (χ3n) is 1.51. The maximum atomic E-state index is 11.0. The van der Waals surface area contributed by atoms with Gasteiger partial charge in [0.2, 0.25) is 0 Å². The van der Waals surface area contributed by atoms with Crippen molar-refractivity contribution in [1.82, 2.24) is 5.48 Å². The molecule has 0 saturated heterocycles. The van der Waals surface area contributed by atoms with Crippen LogP contribution in [-0.4, -0.2) is 6.16 Å². The van der Waals surface area contributed by atoms with Crippen LogP contribution in [0.4, 0.5) is 4.79 Å². The van der Waals surface area contributed by atoms with Gasteiger partial charge in [-0.15, -0.1) is 0 Å². The molecule has 0 saturated carbocycles. The quantitative estimate of drug-likeness (QED) is 0.608. The lowest BCUT2D eigenvalue weighted by atomic mass is 10.2. The zero-order valence-corrected chi connectivity index (χ0v) is 8.53. The normalized spacial score (nSPS) is 9.13. The second-order valence-electron chi connectivity index (χ2n) is 3.01. The molecule has 0 heterocycles. The van der Waals surface area contributed by atoms with Crippen molar-refractivity contribution >= 4 is 6.16 Å². The smallest absolute Gasteiger partial charge is 0.428 e. The number of hydroxylamine groups is 1. The zero-order valence-electron chi connectivity index (χ0n) is 8.53. The van der Waals surface area contributed by atoms with E-state index in [2.05, 4.69) is 16.9 Å². The minimum absolute atomic E-state index is 0.192. The average molecular weight is 207 g/mol. The van der Waals surface area contributed by atoms with E-state index >= 15 is 0 Å². The van der Waals surface area contributed by atoms with Gasteiger partial charge >= 0.3 is 6.16 Å². The summed E-state index contributed by atoms with van der Waals surface area (Å²) in [6, 6.07) is 9.36. The molecule has 1 aromatic carbocycles. The average Bonchev–Trinajstić information content (AvgIpc) is 2.25. The Bertz CT molecular complexity index is 335. The molecule has 0 bridgehead atoms. The van der Waals surface area contributed by atoms with Crippen LogP contribution in [0.3, 0.4) is 0 Å². The van der Waals surface area contributed by atoms with Crippen LogP contribution in [0.2, 0.25) is 0 Å². The Kier molecular flexibility index (Phi) is 4.22. The maximum Gasteiger partial charge on any atom is 0.533 e. The first-order valence-electron chi connectivity index (χ1n) is 4.47. The molecule has 0 atom stereocenters. The first-order chi connectivity index (χ1) is 7.18. The molecular weight excluding hydrogens is 194 g/mol. The molecule has 1 N–H and O–H groups in total. The SMILES string of the molecule is C=C(C)NOC(=O)OCc1ccccc1. The number of carbonyl (C=O) groups is 1. The Labute approximate surface area is 88.5 Å². The fourth-order valence-corrected chi connectivity index (χ4v) is 0.875. The van der Waals surface area contributed by atoms with Crippen LogP contribution in [0, 0.1) is 0 Å². The number of allylic oxidation sites excluding steroid dienone is 1. The van der Waals surface area contributed by atoms with Crippen LogP contribution in [0.25, 0.3) is 0 Å². The second kappa shape index (κ2) is 5.70. The molecule has 0 unspecified atom stereocenters. The number of nitrogens with one attached hydrogen (secondary N) is 1. The minimum atomic E-state index is -0.776. The zero-order chi connectivity index (χ0) is 11.1. The highest BCUT2D eigenvalue weighted by atomic mass is 16.8. The molecule has 0 aliphatic heterocycles. The predicted octanol–water partition coefficient (Wildman–Crippen LogP) is 2.38. The summed E-state index contributed by atoms with van der Waals surface area (Å²) in [4.78, 5) is 15.5. The number of hydrogen-bond donors (Lipinski definition) is 1. The largest absolute Gasteiger partial charge is 0.533 e. The van der Waals surface area contributed by atoms with E-state index in [9.17, 15) is 4.79 Å². The van der Waals surface area contributed by atoms with Gasteiger partial charge in [0, 0.05) is 5.70 Å². The highest BCUT2D eigenvalue weighted by molar-refractivity contribution is 5.59. The lowest BCUT2D eigenvalue weighted by Gasteiger charge is -2.06. The number of carbonyl (C=O) groups excluding carboxylic acids is 1. The van der Waals surface area contributed by atoms with Crippen molar-refractivity contribution in [2.45, 2.75) is 13.5 Å².